The van der Waals surface area contributed by atoms with Crippen LogP contribution in [0.5, 0.6) is 0 Å². The van der Waals surface area contributed by atoms with Crippen molar-refractivity contribution in [3.05, 3.63) is 35.4 Å². The van der Waals surface area contributed by atoms with Gasteiger partial charge in [-0.3, -0.25) is 4.79 Å². The smallest absolute Gasteiger partial charge is 0.222 e. The summed E-state index contributed by atoms with van der Waals surface area (Å²) in [6.07, 6.45) is 0.0232. The van der Waals surface area contributed by atoms with Crippen LogP contribution in [0.15, 0.2) is 18.2 Å². The molecule has 0 radical (unpaired) electrons. The molecule has 0 aliphatic heterocycles. The highest BCUT2D eigenvalue weighted by atomic mass is 19.2. The van der Waals surface area contributed by atoms with Gasteiger partial charge < -0.3 is 11.5 Å². The van der Waals surface area contributed by atoms with E-state index < -0.39 is 23.5 Å². The maximum absolute atomic E-state index is 13.2. The van der Waals surface area contributed by atoms with Crippen LogP contribution in [0.1, 0.15) is 5.56 Å². The van der Waals surface area contributed by atoms with E-state index >= 15 is 0 Å². The molecule has 0 heterocycles. The molecular weight excluding hydrogens is 202 g/mol. The van der Waals surface area contributed by atoms with Gasteiger partial charge in [-0.25, -0.2) is 8.78 Å². The van der Waals surface area contributed by atoms with Crippen molar-refractivity contribution in [1.29, 1.82) is 0 Å². The topological polar surface area (TPSA) is 69.1 Å². The molecular formula is C10H12F2N2O. The van der Waals surface area contributed by atoms with Crippen molar-refractivity contribution in [3.63, 3.8) is 0 Å². The number of hydrogen-bond donors (Lipinski definition) is 2. The van der Waals surface area contributed by atoms with Gasteiger partial charge in [0.25, 0.3) is 0 Å². The van der Waals surface area contributed by atoms with Crippen molar-refractivity contribution in [3.8, 4) is 0 Å². The number of amides is 1. The Balaban J connectivity index is 2.88. The summed E-state index contributed by atoms with van der Waals surface area (Å²) < 4.78 is 26.0. The SMILES string of the molecule is NCC(Cc1cccc(F)c1F)C(N)=O. The summed E-state index contributed by atoms with van der Waals surface area (Å²) in [6, 6.07) is 3.80. The molecule has 1 unspecified atom stereocenters. The monoisotopic (exact) mass is 214 g/mol. The first kappa shape index (κ1) is 11.6. The van der Waals surface area contributed by atoms with E-state index in [1.807, 2.05) is 0 Å². The Hall–Kier alpha value is -1.49. The molecule has 0 saturated carbocycles. The Morgan fingerprint density at radius 2 is 2.07 bits per heavy atom. The molecule has 1 rings (SSSR count). The molecule has 15 heavy (non-hydrogen) atoms. The van der Waals surface area contributed by atoms with Gasteiger partial charge in [0.1, 0.15) is 0 Å². The second-order valence-electron chi connectivity index (χ2n) is 3.25. The summed E-state index contributed by atoms with van der Waals surface area (Å²) >= 11 is 0. The molecule has 1 aromatic rings. The largest absolute Gasteiger partial charge is 0.369 e. The first-order chi connectivity index (χ1) is 7.06. The third-order valence-electron chi connectivity index (χ3n) is 2.18. The number of primary amides is 1. The van der Waals surface area contributed by atoms with Crippen LogP contribution in [0.2, 0.25) is 0 Å². The van der Waals surface area contributed by atoms with Crippen LogP contribution in [0.4, 0.5) is 8.78 Å². The highest BCUT2D eigenvalue weighted by Gasteiger charge is 2.17. The summed E-state index contributed by atoms with van der Waals surface area (Å²) in [7, 11) is 0. The predicted octanol–water partition coefficient (Wildman–Crippen LogP) is 0.568. The van der Waals surface area contributed by atoms with Crippen LogP contribution in [-0.4, -0.2) is 12.5 Å². The number of carbonyl (C=O) groups is 1. The van der Waals surface area contributed by atoms with Gasteiger partial charge in [-0.15, -0.1) is 0 Å². The third kappa shape index (κ3) is 2.73. The number of benzene rings is 1. The molecule has 82 valence electrons. The van der Waals surface area contributed by atoms with E-state index in [0.29, 0.717) is 0 Å². The van der Waals surface area contributed by atoms with Crippen molar-refractivity contribution in [2.75, 3.05) is 6.54 Å². The molecule has 4 N–H and O–H groups in total. The van der Waals surface area contributed by atoms with Crippen LogP contribution in [0.3, 0.4) is 0 Å². The van der Waals surface area contributed by atoms with E-state index in [1.54, 1.807) is 0 Å². The number of rotatable bonds is 4. The van der Waals surface area contributed by atoms with E-state index in [-0.39, 0.29) is 18.5 Å². The lowest BCUT2D eigenvalue weighted by molar-refractivity contribution is -0.121. The Morgan fingerprint density at radius 1 is 1.40 bits per heavy atom. The lowest BCUT2D eigenvalue weighted by Crippen LogP contribution is -2.31. The van der Waals surface area contributed by atoms with Crippen molar-refractivity contribution < 1.29 is 13.6 Å². The van der Waals surface area contributed by atoms with E-state index in [2.05, 4.69) is 0 Å². The minimum atomic E-state index is -0.947. The number of nitrogens with two attached hydrogens (primary N) is 2. The molecule has 0 saturated heterocycles. The fraction of sp³-hybridized carbons (Fsp3) is 0.300. The van der Waals surface area contributed by atoms with Gasteiger partial charge in [0.05, 0.1) is 5.92 Å². The second-order valence-corrected chi connectivity index (χ2v) is 3.25. The van der Waals surface area contributed by atoms with Gasteiger partial charge in [-0.2, -0.15) is 0 Å². The van der Waals surface area contributed by atoms with Gasteiger partial charge in [-0.05, 0) is 18.1 Å². The average Bonchev–Trinajstić information content (AvgIpc) is 2.19. The molecule has 5 heteroatoms. The van der Waals surface area contributed by atoms with Crippen molar-refractivity contribution in [1.82, 2.24) is 0 Å². The molecule has 1 aromatic carbocycles. The molecule has 0 fully saturated rings. The zero-order chi connectivity index (χ0) is 11.4. The lowest BCUT2D eigenvalue weighted by atomic mass is 9.98. The fourth-order valence-corrected chi connectivity index (χ4v) is 1.27. The summed E-state index contributed by atoms with van der Waals surface area (Å²) in [5.41, 5.74) is 10.5. The predicted molar refractivity (Wildman–Crippen MR) is 51.8 cm³/mol. The Morgan fingerprint density at radius 3 is 2.60 bits per heavy atom. The molecule has 0 aliphatic rings. The molecule has 1 amide bonds. The Kier molecular flexibility index (Phi) is 3.74. The van der Waals surface area contributed by atoms with Crippen molar-refractivity contribution >= 4 is 5.91 Å². The van der Waals surface area contributed by atoms with Gasteiger partial charge in [0, 0.05) is 6.54 Å². The van der Waals surface area contributed by atoms with Crippen LogP contribution < -0.4 is 11.5 Å². The fourth-order valence-electron chi connectivity index (χ4n) is 1.27. The summed E-state index contributed by atoms with van der Waals surface area (Å²) in [6.45, 7) is 0.0191. The zero-order valence-corrected chi connectivity index (χ0v) is 8.04. The van der Waals surface area contributed by atoms with E-state index in [0.717, 1.165) is 6.07 Å². The van der Waals surface area contributed by atoms with Crippen molar-refractivity contribution in [2.45, 2.75) is 6.42 Å². The Labute approximate surface area is 86.1 Å². The Bertz CT molecular complexity index is 368. The number of carbonyl (C=O) groups excluding carboxylic acids is 1. The van der Waals surface area contributed by atoms with Gasteiger partial charge >= 0.3 is 0 Å². The van der Waals surface area contributed by atoms with E-state index in [1.165, 1.54) is 12.1 Å². The molecule has 0 aromatic heterocycles. The highest BCUT2D eigenvalue weighted by molar-refractivity contribution is 5.77. The first-order valence-corrected chi connectivity index (χ1v) is 4.48. The van der Waals surface area contributed by atoms with Gasteiger partial charge in [-0.1, -0.05) is 12.1 Å². The third-order valence-corrected chi connectivity index (χ3v) is 2.18. The maximum atomic E-state index is 13.2. The lowest BCUT2D eigenvalue weighted by Gasteiger charge is -2.11. The minimum absolute atomic E-state index is 0.0191. The van der Waals surface area contributed by atoms with E-state index in [4.69, 9.17) is 11.5 Å². The number of hydrogen-bond acceptors (Lipinski definition) is 2. The van der Waals surface area contributed by atoms with Gasteiger partial charge in [0.15, 0.2) is 11.6 Å². The maximum Gasteiger partial charge on any atom is 0.222 e. The molecule has 1 atom stereocenters. The second kappa shape index (κ2) is 4.84. The molecule has 0 spiro atoms. The van der Waals surface area contributed by atoms with Crippen LogP contribution >= 0.6 is 0 Å². The van der Waals surface area contributed by atoms with Crippen LogP contribution in [0, 0.1) is 17.6 Å². The molecule has 3 nitrogen and oxygen atoms in total. The van der Waals surface area contributed by atoms with E-state index in [9.17, 15) is 13.6 Å². The summed E-state index contributed by atoms with van der Waals surface area (Å²) in [4.78, 5) is 10.9. The van der Waals surface area contributed by atoms with Crippen LogP contribution in [-0.2, 0) is 11.2 Å². The standard InChI is InChI=1S/C10H12F2N2O/c11-8-3-1-2-6(9(8)12)4-7(5-13)10(14)15/h1-3,7H,4-5,13H2,(H2,14,15). The van der Waals surface area contributed by atoms with Crippen LogP contribution in [0.25, 0.3) is 0 Å². The summed E-state index contributed by atoms with van der Waals surface area (Å²) in [5, 5.41) is 0. The van der Waals surface area contributed by atoms with Gasteiger partial charge in [0.2, 0.25) is 5.91 Å². The molecule has 0 bridgehead atoms. The minimum Gasteiger partial charge on any atom is -0.369 e. The zero-order valence-electron chi connectivity index (χ0n) is 8.04. The average molecular weight is 214 g/mol. The highest BCUT2D eigenvalue weighted by Crippen LogP contribution is 2.15. The first-order valence-electron chi connectivity index (χ1n) is 4.48. The normalized spacial score (nSPS) is 12.5. The summed E-state index contributed by atoms with van der Waals surface area (Å²) in [5.74, 6) is -3.16. The van der Waals surface area contributed by atoms with Crippen molar-refractivity contribution in [2.24, 2.45) is 17.4 Å². The number of halogens is 2. The quantitative estimate of drug-likeness (QED) is 0.769. The molecule has 0 aliphatic carbocycles.